The third kappa shape index (κ3) is 11.4. The molecule has 23 rings (SSSR count). The Morgan fingerprint density at radius 2 is 0.625 bits per heavy atom. The molecule has 572 valence electrons. The minimum Gasteiger partial charge on any atom is -0.310 e. The summed E-state index contributed by atoms with van der Waals surface area (Å²) in [6.45, 7) is 19.8. The fourth-order valence-electron chi connectivity index (χ4n) is 18.8. The summed E-state index contributed by atoms with van der Waals surface area (Å²) in [7, 11) is 0. The van der Waals surface area contributed by atoms with E-state index in [-0.39, 0.29) is 54.7 Å². The molecule has 0 spiro atoms. The van der Waals surface area contributed by atoms with Crippen molar-refractivity contribution in [2.75, 3.05) is 9.80 Å². The lowest BCUT2D eigenvalue weighted by Crippen LogP contribution is -2.61. The van der Waals surface area contributed by atoms with Crippen LogP contribution in [0.2, 0.25) is 0 Å². The summed E-state index contributed by atoms with van der Waals surface area (Å²) < 4.78 is 151. The van der Waals surface area contributed by atoms with Gasteiger partial charge in [-0.1, -0.05) is 293 Å². The maximum Gasteiger partial charge on any atom is 0.252 e. The first-order valence-electron chi connectivity index (χ1n) is 48.6. The van der Waals surface area contributed by atoms with E-state index in [0.29, 0.717) is 5.69 Å². The lowest BCUT2D eigenvalue weighted by molar-refractivity contribution is 0.590. The number of benzene rings is 17. The van der Waals surface area contributed by atoms with Crippen LogP contribution in [0.5, 0.6) is 0 Å². The molecule has 3 aromatic heterocycles. The molecule has 0 unspecified atom stereocenters. The number of para-hydroxylation sites is 3. The minimum absolute atomic E-state index is 0.141. The molecule has 20 aromatic rings. The van der Waals surface area contributed by atoms with E-state index in [1.54, 1.807) is 15.9 Å². The van der Waals surface area contributed by atoms with Crippen LogP contribution < -0.4 is 26.2 Å². The van der Waals surface area contributed by atoms with Crippen LogP contribution in [-0.2, 0) is 16.2 Å². The molecule has 6 heterocycles. The first-order valence-corrected chi connectivity index (χ1v) is 41.9. The molecule has 0 amide bonds. The van der Waals surface area contributed by atoms with E-state index in [0.717, 1.165) is 171 Å². The zero-order valence-corrected chi connectivity index (χ0v) is 68.6. The number of aromatic nitrogens is 2. The Hall–Kier alpha value is -13.8. The minimum atomic E-state index is -0.731. The number of anilines is 6. The summed E-state index contributed by atoms with van der Waals surface area (Å²) in [5.74, 6) is 0. The van der Waals surface area contributed by atoms with Gasteiger partial charge in [0.15, 0.2) is 0 Å². The summed E-state index contributed by atoms with van der Waals surface area (Å²) >= 11 is 1.79. The van der Waals surface area contributed by atoms with E-state index in [2.05, 4.69) is 321 Å². The Balaban J connectivity index is 0.914. The van der Waals surface area contributed by atoms with Crippen LogP contribution in [0, 0.1) is 0 Å². The van der Waals surface area contributed by atoms with Crippen LogP contribution >= 0.6 is 11.3 Å². The lowest BCUT2D eigenvalue weighted by atomic mass is 9.33. The van der Waals surface area contributed by atoms with Crippen molar-refractivity contribution in [3.05, 3.63) is 380 Å². The Bertz CT molecular complexity index is 8560. The molecule has 120 heavy (non-hydrogen) atoms. The fraction of sp³-hybridized carbons (Fsp3) is 0.105. The van der Waals surface area contributed by atoms with Crippen molar-refractivity contribution in [2.24, 2.45) is 0 Å². The van der Waals surface area contributed by atoms with Crippen molar-refractivity contribution in [2.45, 2.75) is 78.6 Å². The monoisotopic (exact) mass is 1570 g/mol. The van der Waals surface area contributed by atoms with Gasteiger partial charge in [0.2, 0.25) is 0 Å². The van der Waals surface area contributed by atoms with Gasteiger partial charge in [-0.2, -0.15) is 0 Å². The second-order valence-corrected chi connectivity index (χ2v) is 36.4. The molecular formula is C114H87BN4S. The maximum atomic E-state index is 10.9. The second kappa shape index (κ2) is 26.9. The van der Waals surface area contributed by atoms with E-state index in [9.17, 15) is 15.1 Å². The molecule has 0 aliphatic carbocycles. The van der Waals surface area contributed by atoms with Crippen molar-refractivity contribution in [1.29, 1.82) is 0 Å². The van der Waals surface area contributed by atoms with Gasteiger partial charge < -0.3 is 18.9 Å². The molecule has 3 aliphatic rings. The molecular weight excluding hydrogens is 1470 g/mol. The summed E-state index contributed by atoms with van der Waals surface area (Å²) in [6, 6.07) is 89.8. The van der Waals surface area contributed by atoms with E-state index >= 15 is 0 Å². The smallest absolute Gasteiger partial charge is 0.252 e. The van der Waals surface area contributed by atoms with E-state index in [4.69, 9.17) is 5.48 Å². The van der Waals surface area contributed by atoms with Gasteiger partial charge in [-0.15, -0.1) is 11.3 Å². The first kappa shape index (κ1) is 57.3. The zero-order valence-electron chi connectivity index (χ0n) is 82.8. The van der Waals surface area contributed by atoms with Crippen LogP contribution in [0.15, 0.2) is 364 Å². The van der Waals surface area contributed by atoms with Gasteiger partial charge in [0.1, 0.15) is 0 Å². The standard InChI is InChI=1S/C114H87BN4S/c1-112(2,3)82-62-90(71-30-15-11-16-31-71)110-92(64-82)80-38-26-36-75(57-80)77-47-54-107-95(59-77)96-60-78(48-55-108(96)120-107)76-37-27-39-81(58-76)93-65-83(113(4,5)6)63-91(72-32-17-12-18-33-72)111(93)119-104-69-86(117-101-45-24-21-42-89(101)94-68-85(50-53-102(94)117)116-99-43-22-19-40-87(99)88-41-20-23-44-100(88)116)49-52-98(104)115-97-51-46-79(74-35-25-34-73(56-74)70-28-13-10-14-29-70)61-103(97)118(110)105-66-84(114(7,8)9)67-106(119)109(105)115/h10-69H,1-9H3/i19D,20D,21D,22D,23D,24D,40D,41D,42D,43D,44D,45D,50D,53D,68D. The lowest BCUT2D eigenvalue weighted by Gasteiger charge is -2.47. The van der Waals surface area contributed by atoms with Crippen LogP contribution in [0.1, 0.15) is 99.6 Å². The molecule has 0 radical (unpaired) electrons. The largest absolute Gasteiger partial charge is 0.310 e. The van der Waals surface area contributed by atoms with Crippen LogP contribution in [-0.4, -0.2) is 15.8 Å². The van der Waals surface area contributed by atoms with E-state index < -0.39 is 114 Å². The summed E-state index contributed by atoms with van der Waals surface area (Å²) in [5.41, 5.74) is 24.2. The average molecular weight is 1570 g/mol. The normalized spacial score (nSPS) is 14.7. The van der Waals surface area contributed by atoms with Crippen LogP contribution in [0.4, 0.5) is 34.1 Å². The number of fused-ring (bicyclic) bond motifs is 26. The highest BCUT2D eigenvalue weighted by Crippen LogP contribution is 2.57. The Morgan fingerprint density at radius 1 is 0.267 bits per heavy atom. The summed E-state index contributed by atoms with van der Waals surface area (Å²) in [6.07, 6.45) is 0. The van der Waals surface area contributed by atoms with Gasteiger partial charge >= 0.3 is 0 Å². The SMILES string of the molecule is [2H]c1c([2H])c([2H])c2c(c1[2H])c1c([2H])c(-n3c4c([2H])c([2H])c([2H])c([2H])c4c4c([2H])c([2H])c([2H])c([2H])c43)c([2H])c([2H])c1n2-c1ccc2c(c1)N1c3cc(C(C)(C)C)cc4c3B2c2ccc(-c3cccc(-c5ccccc5)c3)cc2N4c2c(-c3ccccc3)cc(C(C)(C)C)cc2-c2cccc(c2)-c2ccc3sc4ccc(cc4c3c2)-c2cccc(c2)-c2cc(C(C)(C)C)cc(-c3ccccc3)c21. The third-order valence-electron chi connectivity index (χ3n) is 24.9. The predicted octanol–water partition coefficient (Wildman–Crippen LogP) is 29.9. The van der Waals surface area contributed by atoms with Crippen LogP contribution in [0.3, 0.4) is 0 Å². The average Bonchev–Trinajstić information content (AvgIpc) is 0.733. The number of hydrogen-bond acceptors (Lipinski definition) is 3. The number of hydrogen-bond donors (Lipinski definition) is 0. The Morgan fingerprint density at radius 3 is 1.11 bits per heavy atom. The summed E-state index contributed by atoms with van der Waals surface area (Å²) in [5, 5.41) is 1.25. The number of rotatable bonds is 6. The molecule has 0 fully saturated rings. The molecule has 6 heteroatoms. The topological polar surface area (TPSA) is 16.3 Å². The summed E-state index contributed by atoms with van der Waals surface area (Å²) in [4.78, 5) is 5.02. The zero-order chi connectivity index (χ0) is 93.8. The second-order valence-electron chi connectivity index (χ2n) is 35.3. The Labute approximate surface area is 727 Å². The van der Waals surface area contributed by atoms with Gasteiger partial charge in [0.25, 0.3) is 6.71 Å². The van der Waals surface area contributed by atoms with Gasteiger partial charge in [0, 0.05) is 98.1 Å². The predicted molar refractivity (Wildman–Crippen MR) is 515 cm³/mol. The molecule has 3 aliphatic heterocycles. The molecule has 0 N–H and O–H groups in total. The van der Waals surface area contributed by atoms with Gasteiger partial charge in [-0.25, -0.2) is 0 Å². The van der Waals surface area contributed by atoms with Crippen LogP contribution in [0.25, 0.3) is 164 Å². The van der Waals surface area contributed by atoms with Crippen molar-refractivity contribution in [3.8, 4) is 100 Å². The number of nitrogens with zero attached hydrogens (tertiary/aromatic N) is 4. The van der Waals surface area contributed by atoms with Crippen molar-refractivity contribution in [1.82, 2.24) is 9.13 Å². The quantitative estimate of drug-likeness (QED) is 0.154. The van der Waals surface area contributed by atoms with E-state index in [1.807, 2.05) is 24.3 Å². The Kier molecular flexibility index (Phi) is 12.8. The van der Waals surface area contributed by atoms with Crippen molar-refractivity contribution in [3.63, 3.8) is 0 Å². The number of thiophene rings is 1. The van der Waals surface area contributed by atoms with E-state index in [1.165, 1.54) is 4.70 Å². The third-order valence-corrected chi connectivity index (χ3v) is 26.1. The molecule has 13 bridgehead atoms. The maximum absolute atomic E-state index is 10.9. The van der Waals surface area contributed by atoms with Crippen molar-refractivity contribution >= 4 is 132 Å². The molecule has 0 saturated carbocycles. The highest BCUT2D eigenvalue weighted by atomic mass is 32.1. The van der Waals surface area contributed by atoms with Gasteiger partial charge in [-0.05, 0) is 249 Å². The highest BCUT2D eigenvalue weighted by Gasteiger charge is 2.47. The highest BCUT2D eigenvalue weighted by molar-refractivity contribution is 7.25. The van der Waals surface area contributed by atoms with Gasteiger partial charge in [0.05, 0.1) is 54.0 Å². The molecule has 0 saturated heterocycles. The van der Waals surface area contributed by atoms with Crippen molar-refractivity contribution < 1.29 is 20.6 Å². The molecule has 0 atom stereocenters. The molecule has 4 nitrogen and oxygen atoms in total. The first-order chi connectivity index (χ1) is 64.6. The van der Waals surface area contributed by atoms with Gasteiger partial charge in [-0.3, -0.25) is 0 Å². The molecule has 17 aromatic carbocycles. The fourth-order valence-corrected chi connectivity index (χ4v) is 19.9.